The number of fused-ring (bicyclic) bond motifs is 6. The van der Waals surface area contributed by atoms with Crippen molar-refractivity contribution in [3.05, 3.63) is 93.6 Å². The van der Waals surface area contributed by atoms with E-state index in [1.54, 1.807) is 31.2 Å². The molecule has 4 aliphatic heterocycles. The Bertz CT molecular complexity index is 3600. The van der Waals surface area contributed by atoms with Crippen LogP contribution in [0.15, 0.2) is 54.6 Å². The Balaban J connectivity index is 0.718. The van der Waals surface area contributed by atoms with E-state index >= 15 is 0 Å². The molecule has 3 aliphatic carbocycles. The number of hydrogen-bond donors (Lipinski definition) is 8. The predicted molar refractivity (Wildman–Crippen MR) is 336 cm³/mol. The van der Waals surface area contributed by atoms with Crippen LogP contribution in [0.4, 0.5) is 20.1 Å². The van der Waals surface area contributed by atoms with E-state index in [1.165, 1.54) is 63.6 Å². The molecule has 31 heteroatoms. The highest BCUT2D eigenvalue weighted by Gasteiger charge is 2.56. The van der Waals surface area contributed by atoms with Crippen LogP contribution in [0.3, 0.4) is 0 Å². The highest BCUT2D eigenvalue weighted by Crippen LogP contribution is 2.53. The first kappa shape index (κ1) is 70.7. The van der Waals surface area contributed by atoms with Crippen molar-refractivity contribution in [1.82, 2.24) is 35.6 Å². The zero-order valence-electron chi connectivity index (χ0n) is 54.4. The van der Waals surface area contributed by atoms with Gasteiger partial charge in [0.2, 0.25) is 29.3 Å². The number of anilines is 1. The number of urea groups is 1. The number of imide groups is 1. The van der Waals surface area contributed by atoms with E-state index in [1.807, 2.05) is 0 Å². The van der Waals surface area contributed by atoms with Crippen molar-refractivity contribution in [3.8, 4) is 17.2 Å². The Morgan fingerprint density at radius 3 is 2.18 bits per heavy atom. The monoisotopic (exact) mass is 1350 g/mol. The number of carbonyl (C=O) groups excluding carboxylic acids is 11. The quantitative estimate of drug-likeness (QED) is 0.0184. The summed E-state index contributed by atoms with van der Waals surface area (Å²) in [4.78, 5) is 151. The molecule has 10 rings (SSSR count). The van der Waals surface area contributed by atoms with Crippen LogP contribution in [0.2, 0.25) is 0 Å². The SMILES string of the molecule is COc1cccc2c1C(=O)c1c(O)c3c(c(O)c1C2=O)C[C@@](O)(C(=O)COC(=O)N(C)CCN(C)C(=O)OCc1ccc(NC(=O)[C@H](CCCNC(N)=O)NC(=O)C2(C(=O)NCCCCCN4C(=O)C=CC4=O)CCC2)cc1)C[C@@H]3O[C@H]1C[C@H]2[C@H](O[C@@H]3[C@@H](OC)OCCN32)[C@H](C)O1. The molecule has 0 bridgehead atoms. The summed E-state index contributed by atoms with van der Waals surface area (Å²) in [6, 6.07) is 8.40. The van der Waals surface area contributed by atoms with Gasteiger partial charge in [0.05, 0.1) is 42.6 Å². The number of aliphatic hydroxyl groups is 1. The number of nitrogens with one attached hydrogen (secondary N) is 4. The van der Waals surface area contributed by atoms with Gasteiger partial charge in [-0.3, -0.25) is 48.2 Å². The minimum atomic E-state index is -2.49. The molecule has 0 unspecified atom stereocenters. The normalized spacial score (nSPS) is 23.9. The van der Waals surface area contributed by atoms with Crippen molar-refractivity contribution < 1.29 is 106 Å². The number of carbonyl (C=O) groups is 11. The van der Waals surface area contributed by atoms with E-state index in [-0.39, 0.29) is 117 Å². The Hall–Kier alpha value is -9.11. The van der Waals surface area contributed by atoms with E-state index in [4.69, 9.17) is 43.6 Å². The molecular weight excluding hydrogens is 1270 g/mol. The van der Waals surface area contributed by atoms with Crippen LogP contribution in [0, 0.1) is 5.41 Å². The van der Waals surface area contributed by atoms with Crippen molar-refractivity contribution in [2.24, 2.45) is 11.1 Å². The zero-order valence-corrected chi connectivity index (χ0v) is 54.4. The maximum atomic E-state index is 14.3. The standard InChI is InChI=1S/C66H81N9O22/c1-35-56-41(74-28-29-92-59(91-5)58(74)97-56)30-47(95-35)96-43-32-66(89,31-39-49(43)55(82)51-50(53(39)80)52(79)38-12-9-14-42(90-4)48(38)54(51)81)44(76)34-94-64(88)73(3)27-26-72(2)63(87)93-33-36-15-17-37(18-16-36)70-57(83)40(13-10-24-69-62(67)86)71-61(85)65(21-11-22-65)60(84)68-23-7-6-8-25-75-45(77)19-20-46(75)78/h9,12,14-20,35,40-41,43,47,56,58-59,80,82,89H,6-8,10-11,13,21-34H2,1-5H3,(H,68,84)(H,70,83)(H,71,85)(H3,67,69,86)/t35-,40-,41-,43-,47-,56+,58+,59-,66-/m0/s1. The number of amides is 9. The van der Waals surface area contributed by atoms with E-state index in [0.29, 0.717) is 50.1 Å². The molecule has 1 saturated carbocycles. The number of nitrogens with two attached hydrogens (primary N) is 1. The minimum absolute atomic E-state index is 0.0446. The van der Waals surface area contributed by atoms with Crippen molar-refractivity contribution in [3.63, 3.8) is 0 Å². The lowest BCUT2D eigenvalue weighted by molar-refractivity contribution is -0.256. The number of unbranched alkanes of at least 4 members (excludes halogenated alkanes) is 2. The molecule has 9 atom stereocenters. The molecule has 3 aromatic rings. The van der Waals surface area contributed by atoms with Gasteiger partial charge in [0.25, 0.3) is 11.8 Å². The third-order valence-electron chi connectivity index (χ3n) is 18.9. The van der Waals surface area contributed by atoms with Gasteiger partial charge in [0, 0.05) is 120 Å². The Morgan fingerprint density at radius 1 is 0.814 bits per heavy atom. The molecule has 31 nitrogen and oxygen atoms in total. The van der Waals surface area contributed by atoms with Gasteiger partial charge in [-0.25, -0.2) is 14.4 Å². The summed E-state index contributed by atoms with van der Waals surface area (Å²) in [7, 11) is 5.58. The number of ether oxygens (including phenoxy) is 8. The number of benzene rings is 3. The van der Waals surface area contributed by atoms with Gasteiger partial charge >= 0.3 is 18.2 Å². The Labute approximate surface area is 557 Å². The summed E-state index contributed by atoms with van der Waals surface area (Å²) >= 11 is 0. The van der Waals surface area contributed by atoms with Crippen LogP contribution in [-0.4, -0.2) is 230 Å². The Kier molecular flexibility index (Phi) is 21.9. The maximum absolute atomic E-state index is 14.3. The first-order chi connectivity index (χ1) is 46.4. The van der Waals surface area contributed by atoms with E-state index in [9.17, 15) is 68.1 Å². The topological polar surface area (TPSA) is 409 Å². The van der Waals surface area contributed by atoms with E-state index < -0.39 is 150 Å². The van der Waals surface area contributed by atoms with E-state index in [2.05, 4.69) is 26.2 Å². The average Bonchev–Trinajstić information content (AvgIpc) is 1.53. The van der Waals surface area contributed by atoms with Crippen LogP contribution >= 0.6 is 0 Å². The van der Waals surface area contributed by atoms with Gasteiger partial charge in [-0.2, -0.15) is 0 Å². The fraction of sp³-hybridized carbons (Fsp3) is 0.530. The second-order valence-electron chi connectivity index (χ2n) is 25.1. The third kappa shape index (κ3) is 14.9. The van der Waals surface area contributed by atoms with Crippen LogP contribution in [0.5, 0.6) is 17.2 Å². The smallest absolute Gasteiger partial charge is 0.409 e. The third-order valence-corrected chi connectivity index (χ3v) is 18.9. The first-order valence-electron chi connectivity index (χ1n) is 32.2. The number of morpholine rings is 1. The number of hydrogen-bond acceptors (Lipinski definition) is 23. The first-order valence-corrected chi connectivity index (χ1v) is 32.2. The van der Waals surface area contributed by atoms with Crippen LogP contribution in [-0.2, 0) is 75.0 Å². The molecule has 522 valence electrons. The molecule has 7 aliphatic rings. The average molecular weight is 1350 g/mol. The summed E-state index contributed by atoms with van der Waals surface area (Å²) in [5.74, 6) is -6.62. The number of Topliss-reactive ketones (excluding diaryl/α,β-unsaturated/α-hetero) is 1. The van der Waals surface area contributed by atoms with Gasteiger partial charge in [0.1, 0.15) is 47.0 Å². The van der Waals surface area contributed by atoms with Crippen molar-refractivity contribution in [2.45, 2.75) is 139 Å². The van der Waals surface area contributed by atoms with Crippen molar-refractivity contribution in [1.29, 1.82) is 0 Å². The van der Waals surface area contributed by atoms with Crippen molar-refractivity contribution in [2.75, 3.05) is 86.1 Å². The molecule has 9 amide bonds. The lowest BCUT2D eigenvalue weighted by Crippen LogP contribution is -2.58. The summed E-state index contributed by atoms with van der Waals surface area (Å²) in [6.07, 6.45) is -2.27. The molecule has 4 fully saturated rings. The van der Waals surface area contributed by atoms with Gasteiger partial charge in [-0.15, -0.1) is 0 Å². The summed E-state index contributed by atoms with van der Waals surface area (Å²) in [6.45, 7) is 1.79. The number of primary amides is 1. The Morgan fingerprint density at radius 2 is 1.51 bits per heavy atom. The summed E-state index contributed by atoms with van der Waals surface area (Å²) < 4.78 is 46.9. The minimum Gasteiger partial charge on any atom is -0.507 e. The molecule has 3 saturated heterocycles. The summed E-state index contributed by atoms with van der Waals surface area (Å²) in [5.41, 5.74) is 0.382. The van der Waals surface area contributed by atoms with E-state index in [0.717, 1.165) is 9.80 Å². The number of nitrogens with zero attached hydrogens (tertiary/aromatic N) is 4. The lowest BCUT2D eigenvalue weighted by atomic mass is 9.67. The second kappa shape index (κ2) is 30.1. The van der Waals surface area contributed by atoms with Gasteiger partial charge in [-0.05, 0) is 75.6 Å². The van der Waals surface area contributed by atoms with Gasteiger partial charge in [-0.1, -0.05) is 30.7 Å². The van der Waals surface area contributed by atoms with Crippen LogP contribution in [0.1, 0.15) is 126 Å². The lowest BCUT2D eigenvalue weighted by Gasteiger charge is -2.43. The molecule has 97 heavy (non-hydrogen) atoms. The number of aromatic hydroxyl groups is 2. The highest BCUT2D eigenvalue weighted by molar-refractivity contribution is 6.31. The molecule has 3 aromatic carbocycles. The highest BCUT2D eigenvalue weighted by atomic mass is 16.7. The second-order valence-corrected chi connectivity index (χ2v) is 25.1. The summed E-state index contributed by atoms with van der Waals surface area (Å²) in [5, 5.41) is 47.5. The number of rotatable bonds is 27. The molecule has 9 N–H and O–H groups in total. The number of methoxy groups -OCH3 is 2. The fourth-order valence-electron chi connectivity index (χ4n) is 13.3. The molecule has 0 radical (unpaired) electrons. The predicted octanol–water partition coefficient (Wildman–Crippen LogP) is 2.31. The van der Waals surface area contributed by atoms with Gasteiger partial charge in [0.15, 0.2) is 31.2 Å². The number of ketones is 3. The molecular formula is C66H81N9O22. The number of phenols is 2. The maximum Gasteiger partial charge on any atom is 0.409 e. The fourth-order valence-corrected chi connectivity index (χ4v) is 13.3. The number of phenolic OH excluding ortho intramolecular Hbond substituents is 2. The zero-order chi connectivity index (χ0) is 69.6. The van der Waals surface area contributed by atoms with Crippen molar-refractivity contribution >= 4 is 70.8 Å². The van der Waals surface area contributed by atoms with Crippen LogP contribution in [0.25, 0.3) is 0 Å². The molecule has 0 spiro atoms. The largest absolute Gasteiger partial charge is 0.507 e. The van der Waals surface area contributed by atoms with Gasteiger partial charge < -0.3 is 90.0 Å². The molecule has 4 heterocycles. The number of likely N-dealkylation sites (N-methyl/N-ethyl adjacent to an activating group) is 2. The molecule has 0 aromatic heterocycles. The van der Waals surface area contributed by atoms with Crippen LogP contribution < -0.4 is 31.7 Å².